The van der Waals surface area contributed by atoms with Gasteiger partial charge in [-0.2, -0.15) is 0 Å². The highest BCUT2D eigenvalue weighted by molar-refractivity contribution is 5.96. The molecular weight excluding hydrogens is 380 g/mol. The molecule has 2 aromatic rings. The van der Waals surface area contributed by atoms with Crippen molar-refractivity contribution in [3.8, 4) is 0 Å². The van der Waals surface area contributed by atoms with Crippen molar-refractivity contribution >= 4 is 29.5 Å². The van der Waals surface area contributed by atoms with Crippen LogP contribution in [0.4, 0.5) is 5.69 Å². The van der Waals surface area contributed by atoms with Crippen LogP contribution in [0.25, 0.3) is 6.08 Å². The predicted molar refractivity (Wildman–Crippen MR) is 113 cm³/mol. The molecule has 2 aliphatic heterocycles. The summed E-state index contributed by atoms with van der Waals surface area (Å²) in [5.74, 6) is -0.891. The number of esters is 1. The standard InChI is InChI=1S/C24H24N2O4/c1-17(27)25-14-12-18-7-2-4-10-20(18)22(25)15-24(29)30-16-23(28)26-13-6-9-19-8-3-5-11-21(19)26/h2-5,7-8,10-12,14,22H,6,9,13,15-16H2,1H3/t22-/m0/s1. The lowest BCUT2D eigenvalue weighted by Crippen LogP contribution is -2.38. The number of hydrogen-bond acceptors (Lipinski definition) is 4. The summed E-state index contributed by atoms with van der Waals surface area (Å²) >= 11 is 0. The zero-order chi connectivity index (χ0) is 21.1. The summed E-state index contributed by atoms with van der Waals surface area (Å²) in [7, 11) is 0. The highest BCUT2D eigenvalue weighted by atomic mass is 16.5. The van der Waals surface area contributed by atoms with Crippen LogP contribution in [0, 0.1) is 0 Å². The summed E-state index contributed by atoms with van der Waals surface area (Å²) in [6, 6.07) is 15.0. The van der Waals surface area contributed by atoms with Gasteiger partial charge in [0.25, 0.3) is 5.91 Å². The number of rotatable bonds is 4. The van der Waals surface area contributed by atoms with E-state index >= 15 is 0 Å². The van der Waals surface area contributed by atoms with Crippen molar-refractivity contribution in [3.05, 3.63) is 71.4 Å². The largest absolute Gasteiger partial charge is 0.455 e. The summed E-state index contributed by atoms with van der Waals surface area (Å²) in [6.45, 7) is 1.78. The highest BCUT2D eigenvalue weighted by Gasteiger charge is 2.29. The monoisotopic (exact) mass is 404 g/mol. The first-order chi connectivity index (χ1) is 14.5. The Hall–Kier alpha value is -3.41. The number of aryl methyl sites for hydroxylation is 1. The molecule has 0 fully saturated rings. The molecule has 6 nitrogen and oxygen atoms in total. The van der Waals surface area contributed by atoms with E-state index < -0.39 is 12.0 Å². The molecular formula is C24H24N2O4. The molecule has 2 heterocycles. The minimum absolute atomic E-state index is 0.00913. The Balaban J connectivity index is 1.42. The average molecular weight is 404 g/mol. The minimum atomic E-state index is -0.505. The zero-order valence-corrected chi connectivity index (χ0v) is 16.9. The first-order valence-electron chi connectivity index (χ1n) is 10.1. The van der Waals surface area contributed by atoms with Gasteiger partial charge >= 0.3 is 5.97 Å². The van der Waals surface area contributed by atoms with Gasteiger partial charge in [-0.1, -0.05) is 42.5 Å². The van der Waals surface area contributed by atoms with Gasteiger partial charge in [0, 0.05) is 25.4 Å². The van der Waals surface area contributed by atoms with Crippen molar-refractivity contribution in [2.45, 2.75) is 32.2 Å². The Morgan fingerprint density at radius 1 is 1.07 bits per heavy atom. The third kappa shape index (κ3) is 3.99. The van der Waals surface area contributed by atoms with Gasteiger partial charge in [-0.15, -0.1) is 0 Å². The van der Waals surface area contributed by atoms with Gasteiger partial charge in [-0.25, -0.2) is 0 Å². The second kappa shape index (κ2) is 8.53. The highest BCUT2D eigenvalue weighted by Crippen LogP contribution is 2.33. The third-order valence-corrected chi connectivity index (χ3v) is 5.60. The van der Waals surface area contributed by atoms with Gasteiger partial charge < -0.3 is 14.5 Å². The topological polar surface area (TPSA) is 66.9 Å². The SMILES string of the molecule is CC(=O)N1C=Cc2ccccc2[C@@H]1CC(=O)OCC(=O)N1CCCc2ccccc21. The van der Waals surface area contributed by atoms with Crippen LogP contribution in [0.1, 0.15) is 42.5 Å². The number of ether oxygens (including phenoxy) is 1. The predicted octanol–water partition coefficient (Wildman–Crippen LogP) is 3.47. The maximum absolute atomic E-state index is 12.7. The maximum Gasteiger partial charge on any atom is 0.308 e. The molecule has 0 spiro atoms. The fourth-order valence-electron chi connectivity index (χ4n) is 4.14. The third-order valence-electron chi connectivity index (χ3n) is 5.60. The van der Waals surface area contributed by atoms with E-state index in [2.05, 4.69) is 0 Å². The smallest absolute Gasteiger partial charge is 0.308 e. The first-order valence-corrected chi connectivity index (χ1v) is 10.1. The molecule has 30 heavy (non-hydrogen) atoms. The average Bonchev–Trinajstić information content (AvgIpc) is 2.77. The molecule has 0 unspecified atom stereocenters. The molecule has 0 radical (unpaired) electrons. The maximum atomic E-state index is 12.7. The fourth-order valence-corrected chi connectivity index (χ4v) is 4.14. The van der Waals surface area contributed by atoms with Crippen LogP contribution in [-0.4, -0.2) is 35.8 Å². The Morgan fingerprint density at radius 3 is 2.67 bits per heavy atom. The molecule has 0 aromatic heterocycles. The number of benzene rings is 2. The van der Waals surface area contributed by atoms with E-state index in [1.807, 2.05) is 54.6 Å². The summed E-state index contributed by atoms with van der Waals surface area (Å²) < 4.78 is 5.33. The number of fused-ring (bicyclic) bond motifs is 2. The number of carbonyl (C=O) groups excluding carboxylic acids is 3. The van der Waals surface area contributed by atoms with Crippen LogP contribution in [0.2, 0.25) is 0 Å². The zero-order valence-electron chi connectivity index (χ0n) is 16.9. The van der Waals surface area contributed by atoms with Crippen LogP contribution >= 0.6 is 0 Å². The summed E-state index contributed by atoms with van der Waals surface area (Å²) in [6.07, 6.45) is 5.36. The molecule has 0 saturated heterocycles. The van der Waals surface area contributed by atoms with E-state index in [9.17, 15) is 14.4 Å². The second-order valence-corrected chi connectivity index (χ2v) is 7.53. The molecule has 2 aromatic carbocycles. The lowest BCUT2D eigenvalue weighted by molar-refractivity contribution is -0.149. The number of anilines is 1. The number of amides is 2. The van der Waals surface area contributed by atoms with E-state index in [0.29, 0.717) is 6.54 Å². The normalized spacial score (nSPS) is 17.2. The molecule has 154 valence electrons. The number of carbonyl (C=O) groups is 3. The van der Waals surface area contributed by atoms with E-state index in [4.69, 9.17) is 4.74 Å². The van der Waals surface area contributed by atoms with Crippen LogP contribution in [0.5, 0.6) is 0 Å². The van der Waals surface area contributed by atoms with Gasteiger partial charge in [0.1, 0.15) is 0 Å². The van der Waals surface area contributed by atoms with Gasteiger partial charge in [-0.05, 0) is 41.7 Å². The van der Waals surface area contributed by atoms with Crippen LogP contribution in [0.3, 0.4) is 0 Å². The molecule has 6 heteroatoms. The van der Waals surface area contributed by atoms with Gasteiger partial charge in [-0.3, -0.25) is 14.4 Å². The molecule has 0 saturated carbocycles. The summed E-state index contributed by atoms with van der Waals surface area (Å²) in [4.78, 5) is 40.5. The van der Waals surface area contributed by atoms with Gasteiger partial charge in [0.2, 0.25) is 5.91 Å². The van der Waals surface area contributed by atoms with Crippen molar-refractivity contribution in [1.82, 2.24) is 4.90 Å². The Morgan fingerprint density at radius 2 is 1.83 bits per heavy atom. The van der Waals surface area contributed by atoms with E-state index in [-0.39, 0.29) is 24.8 Å². The molecule has 4 rings (SSSR count). The molecule has 2 aliphatic rings. The Labute approximate surface area is 175 Å². The fraction of sp³-hybridized carbons (Fsp3) is 0.292. The van der Waals surface area contributed by atoms with E-state index in [1.54, 1.807) is 11.1 Å². The van der Waals surface area contributed by atoms with Crippen LogP contribution in [-0.2, 0) is 25.5 Å². The van der Waals surface area contributed by atoms with Crippen LogP contribution < -0.4 is 4.90 Å². The molecule has 0 aliphatic carbocycles. The first kappa shape index (κ1) is 19.9. The number of para-hydroxylation sites is 1. The molecule has 0 bridgehead atoms. The van der Waals surface area contributed by atoms with Crippen molar-refractivity contribution in [2.24, 2.45) is 0 Å². The number of hydrogen-bond donors (Lipinski definition) is 0. The number of nitrogens with zero attached hydrogens (tertiary/aromatic N) is 2. The Bertz CT molecular complexity index is 1010. The quantitative estimate of drug-likeness (QED) is 0.732. The van der Waals surface area contributed by atoms with Gasteiger partial charge in [0.05, 0.1) is 12.5 Å². The van der Waals surface area contributed by atoms with Crippen molar-refractivity contribution in [1.29, 1.82) is 0 Å². The van der Waals surface area contributed by atoms with Crippen LogP contribution in [0.15, 0.2) is 54.7 Å². The van der Waals surface area contributed by atoms with Crippen molar-refractivity contribution in [3.63, 3.8) is 0 Å². The second-order valence-electron chi connectivity index (χ2n) is 7.53. The van der Waals surface area contributed by atoms with E-state index in [1.165, 1.54) is 11.8 Å². The minimum Gasteiger partial charge on any atom is -0.455 e. The molecule has 1 atom stereocenters. The van der Waals surface area contributed by atoms with Crippen molar-refractivity contribution < 1.29 is 19.1 Å². The lowest BCUT2D eigenvalue weighted by Gasteiger charge is -2.32. The summed E-state index contributed by atoms with van der Waals surface area (Å²) in [5.41, 5.74) is 3.88. The Kier molecular flexibility index (Phi) is 5.65. The summed E-state index contributed by atoms with van der Waals surface area (Å²) in [5, 5.41) is 0. The lowest BCUT2D eigenvalue weighted by atomic mass is 9.94. The van der Waals surface area contributed by atoms with Gasteiger partial charge in [0.15, 0.2) is 6.61 Å². The van der Waals surface area contributed by atoms with Crippen molar-refractivity contribution in [2.75, 3.05) is 18.1 Å². The molecule has 0 N–H and O–H groups in total. The van der Waals surface area contributed by atoms with E-state index in [0.717, 1.165) is 35.2 Å². The molecule has 2 amide bonds.